The van der Waals surface area contributed by atoms with Crippen LogP contribution < -0.4 is 10.1 Å². The molecule has 4 aromatic rings. The highest BCUT2D eigenvalue weighted by molar-refractivity contribution is 7.17. The smallest absolute Gasteiger partial charge is 0.420 e. The Balaban J connectivity index is 1.37. The number of thiophene rings is 1. The minimum Gasteiger partial charge on any atom is -0.493 e. The summed E-state index contributed by atoms with van der Waals surface area (Å²) in [6.45, 7) is 2.22. The Hall–Kier alpha value is -3.37. The number of carbonyl (C=O) groups is 1. The predicted octanol–water partition coefficient (Wildman–Crippen LogP) is 7.97. The number of aryl methyl sites for hydroxylation is 2. The van der Waals surface area contributed by atoms with Crippen LogP contribution in [-0.4, -0.2) is 22.7 Å². The fraction of sp³-hybridized carbons (Fsp3) is 0.259. The van der Waals surface area contributed by atoms with Gasteiger partial charge in [-0.15, -0.1) is 22.7 Å². The fourth-order valence-corrected chi connectivity index (χ4v) is 5.42. The second-order valence-corrected chi connectivity index (χ2v) is 10.5. The number of aromatic nitrogens is 1. The maximum absolute atomic E-state index is 13.8. The Labute approximate surface area is 220 Å². The molecule has 10 heteroatoms. The SMILES string of the molecule is Cc1ccc(CCCCOc2ccc(Nc3nc(-c4ccc(CC(=O)O)s4)cs3)cc2C(F)(F)F)cc1. The van der Waals surface area contributed by atoms with Crippen molar-refractivity contribution in [2.75, 3.05) is 11.9 Å². The summed E-state index contributed by atoms with van der Waals surface area (Å²) in [5, 5.41) is 14.1. The molecule has 0 bridgehead atoms. The number of nitrogens with one attached hydrogen (secondary N) is 1. The average Bonchev–Trinajstić information content (AvgIpc) is 3.49. The zero-order chi connectivity index (χ0) is 26.4. The van der Waals surface area contributed by atoms with E-state index >= 15 is 0 Å². The van der Waals surface area contributed by atoms with Crippen LogP contribution in [-0.2, 0) is 23.8 Å². The summed E-state index contributed by atoms with van der Waals surface area (Å²) in [5.41, 5.74) is 2.43. The Morgan fingerprint density at radius 1 is 1.08 bits per heavy atom. The maximum Gasteiger partial charge on any atom is 0.420 e. The third-order valence-corrected chi connectivity index (χ3v) is 7.38. The van der Waals surface area contributed by atoms with Crippen LogP contribution in [0.5, 0.6) is 5.75 Å². The summed E-state index contributed by atoms with van der Waals surface area (Å²) >= 11 is 2.58. The van der Waals surface area contributed by atoms with Gasteiger partial charge in [0, 0.05) is 15.9 Å². The minimum absolute atomic E-state index is 0.0682. The molecule has 2 aromatic carbocycles. The van der Waals surface area contributed by atoms with Crippen molar-refractivity contribution in [3.05, 3.63) is 81.5 Å². The summed E-state index contributed by atoms with van der Waals surface area (Å²) < 4.78 is 46.8. The quantitative estimate of drug-likeness (QED) is 0.187. The van der Waals surface area contributed by atoms with Crippen molar-refractivity contribution in [3.63, 3.8) is 0 Å². The second kappa shape index (κ2) is 11.8. The first-order valence-corrected chi connectivity index (χ1v) is 13.3. The van der Waals surface area contributed by atoms with Gasteiger partial charge in [-0.25, -0.2) is 4.98 Å². The Kier molecular flexibility index (Phi) is 8.50. The van der Waals surface area contributed by atoms with E-state index in [-0.39, 0.29) is 24.5 Å². The van der Waals surface area contributed by atoms with Crippen LogP contribution in [0.15, 0.2) is 60.0 Å². The van der Waals surface area contributed by atoms with Gasteiger partial charge in [0.15, 0.2) is 5.13 Å². The summed E-state index contributed by atoms with van der Waals surface area (Å²) in [4.78, 5) is 16.8. The van der Waals surface area contributed by atoms with Crippen molar-refractivity contribution in [1.29, 1.82) is 0 Å². The highest BCUT2D eigenvalue weighted by atomic mass is 32.1. The number of hydrogen-bond acceptors (Lipinski definition) is 6. The van der Waals surface area contributed by atoms with E-state index in [1.807, 2.05) is 19.1 Å². The largest absolute Gasteiger partial charge is 0.493 e. The van der Waals surface area contributed by atoms with Gasteiger partial charge < -0.3 is 15.2 Å². The van der Waals surface area contributed by atoms with Crippen molar-refractivity contribution in [3.8, 4) is 16.3 Å². The molecule has 5 nitrogen and oxygen atoms in total. The normalized spacial score (nSPS) is 11.5. The number of benzene rings is 2. The highest BCUT2D eigenvalue weighted by Gasteiger charge is 2.34. The average molecular weight is 547 g/mol. The molecule has 0 saturated carbocycles. The Morgan fingerprint density at radius 3 is 2.59 bits per heavy atom. The lowest BCUT2D eigenvalue weighted by atomic mass is 10.1. The van der Waals surface area contributed by atoms with Crippen LogP contribution in [0.4, 0.5) is 24.0 Å². The molecule has 2 aromatic heterocycles. The minimum atomic E-state index is -4.57. The topological polar surface area (TPSA) is 71.5 Å². The van der Waals surface area contributed by atoms with Crippen LogP contribution in [0, 0.1) is 6.92 Å². The van der Waals surface area contributed by atoms with Crippen LogP contribution in [0.2, 0.25) is 0 Å². The third-order valence-electron chi connectivity index (χ3n) is 5.52. The number of hydrogen-bond donors (Lipinski definition) is 2. The van der Waals surface area contributed by atoms with Crippen LogP contribution in [0.25, 0.3) is 10.6 Å². The summed E-state index contributed by atoms with van der Waals surface area (Å²) in [7, 11) is 0. The zero-order valence-corrected chi connectivity index (χ0v) is 21.6. The summed E-state index contributed by atoms with van der Waals surface area (Å²) in [5.74, 6) is -1.11. The molecule has 0 atom stereocenters. The van der Waals surface area contributed by atoms with E-state index in [2.05, 4.69) is 22.4 Å². The lowest BCUT2D eigenvalue weighted by Crippen LogP contribution is -2.10. The number of aliphatic carboxylic acids is 1. The van der Waals surface area contributed by atoms with Crippen LogP contribution in [0.3, 0.4) is 0 Å². The van der Waals surface area contributed by atoms with Crippen molar-refractivity contribution in [1.82, 2.24) is 4.98 Å². The van der Waals surface area contributed by atoms with E-state index in [9.17, 15) is 18.0 Å². The fourth-order valence-electron chi connectivity index (χ4n) is 3.65. The molecule has 0 aliphatic rings. The lowest BCUT2D eigenvalue weighted by Gasteiger charge is -2.15. The third kappa shape index (κ3) is 7.56. The second-order valence-electron chi connectivity index (χ2n) is 8.50. The molecule has 2 heterocycles. The van der Waals surface area contributed by atoms with Gasteiger partial charge in [0.25, 0.3) is 0 Å². The molecule has 2 N–H and O–H groups in total. The van der Waals surface area contributed by atoms with E-state index in [1.165, 1.54) is 45.9 Å². The molecule has 0 radical (unpaired) electrons. The van der Waals surface area contributed by atoms with Gasteiger partial charge in [0.1, 0.15) is 5.75 Å². The van der Waals surface area contributed by atoms with Crippen LogP contribution >= 0.6 is 22.7 Å². The number of anilines is 2. The standard InChI is InChI=1S/C27H25F3N2O3S2/c1-17-5-7-18(8-6-17)4-2-3-13-35-23-11-9-19(14-21(23)27(28,29)30)31-26-32-22(16-36-26)24-12-10-20(37-24)15-25(33)34/h5-12,14,16H,2-4,13,15H2,1H3,(H,31,32)(H,33,34). The number of nitrogens with zero attached hydrogens (tertiary/aromatic N) is 1. The molecule has 0 spiro atoms. The number of carboxylic acid groups (broad SMARTS) is 1. The predicted molar refractivity (Wildman–Crippen MR) is 141 cm³/mol. The van der Waals surface area contributed by atoms with E-state index in [1.54, 1.807) is 17.5 Å². The van der Waals surface area contributed by atoms with E-state index in [4.69, 9.17) is 9.84 Å². The highest BCUT2D eigenvalue weighted by Crippen LogP contribution is 2.39. The van der Waals surface area contributed by atoms with Gasteiger partial charge in [-0.1, -0.05) is 29.8 Å². The molecule has 4 rings (SSSR count). The van der Waals surface area contributed by atoms with Crippen molar-refractivity contribution in [2.24, 2.45) is 0 Å². The molecular weight excluding hydrogens is 521 g/mol. The molecular formula is C27H25F3N2O3S2. The van der Waals surface area contributed by atoms with Crippen LogP contribution in [0.1, 0.15) is 34.4 Å². The van der Waals surface area contributed by atoms with Crippen molar-refractivity contribution < 1.29 is 27.8 Å². The molecule has 0 aliphatic carbocycles. The molecule has 37 heavy (non-hydrogen) atoms. The summed E-state index contributed by atoms with van der Waals surface area (Å²) in [6, 6.07) is 15.6. The lowest BCUT2D eigenvalue weighted by molar-refractivity contribution is -0.139. The molecule has 0 saturated heterocycles. The van der Waals surface area contributed by atoms with Gasteiger partial charge in [-0.05, 0) is 62.1 Å². The van der Waals surface area contributed by atoms with Crippen molar-refractivity contribution >= 4 is 39.5 Å². The molecule has 194 valence electrons. The van der Waals surface area contributed by atoms with E-state index in [0.29, 0.717) is 22.1 Å². The van der Waals surface area contributed by atoms with Gasteiger partial charge in [-0.2, -0.15) is 13.2 Å². The number of carboxylic acids is 1. The number of alkyl halides is 3. The number of unbranched alkanes of at least 4 members (excludes halogenated alkanes) is 1. The van der Waals surface area contributed by atoms with Gasteiger partial charge in [-0.3, -0.25) is 4.79 Å². The van der Waals surface area contributed by atoms with Gasteiger partial charge in [0.05, 0.1) is 29.2 Å². The first-order valence-electron chi connectivity index (χ1n) is 11.6. The number of halogens is 3. The molecule has 0 aliphatic heterocycles. The number of thiazole rings is 1. The first kappa shape index (κ1) is 26.7. The van der Waals surface area contributed by atoms with Crippen molar-refractivity contribution in [2.45, 2.75) is 38.8 Å². The Bertz CT molecular complexity index is 1350. The monoisotopic (exact) mass is 546 g/mol. The van der Waals surface area contributed by atoms with Gasteiger partial charge >= 0.3 is 12.1 Å². The Morgan fingerprint density at radius 2 is 1.86 bits per heavy atom. The van der Waals surface area contributed by atoms with Gasteiger partial charge in [0.2, 0.25) is 0 Å². The molecule has 0 unspecified atom stereocenters. The first-order chi connectivity index (χ1) is 17.7. The number of rotatable bonds is 11. The number of ether oxygens (including phenoxy) is 1. The molecule has 0 fully saturated rings. The maximum atomic E-state index is 13.8. The summed E-state index contributed by atoms with van der Waals surface area (Å²) in [6.07, 6.45) is -2.33. The van der Waals surface area contributed by atoms with E-state index in [0.717, 1.165) is 23.8 Å². The zero-order valence-electron chi connectivity index (χ0n) is 20.0. The molecule has 0 amide bonds. The van der Waals surface area contributed by atoms with E-state index < -0.39 is 17.7 Å².